The number of amides is 1. The zero-order valence-electron chi connectivity index (χ0n) is 15.4. The van der Waals surface area contributed by atoms with Crippen molar-refractivity contribution in [2.24, 2.45) is 5.92 Å². The molecule has 0 N–H and O–H groups in total. The van der Waals surface area contributed by atoms with Crippen LogP contribution >= 0.6 is 0 Å². The molecule has 3 fully saturated rings. The summed E-state index contributed by atoms with van der Waals surface area (Å²) >= 11 is 0. The molecule has 4 rings (SSSR count). The first-order valence-electron chi connectivity index (χ1n) is 10.1. The molecular formula is C20H29N3O3. The third-order valence-corrected chi connectivity index (χ3v) is 6.23. The molecule has 1 spiro atoms. The Morgan fingerprint density at radius 3 is 2.65 bits per heavy atom. The van der Waals surface area contributed by atoms with Crippen molar-refractivity contribution in [3.8, 4) is 6.01 Å². The van der Waals surface area contributed by atoms with E-state index in [9.17, 15) is 4.79 Å². The monoisotopic (exact) mass is 359 g/mol. The Hall–Kier alpha value is -1.69. The van der Waals surface area contributed by atoms with Crippen molar-refractivity contribution in [1.29, 1.82) is 0 Å². The Morgan fingerprint density at radius 1 is 1.19 bits per heavy atom. The second-order valence-corrected chi connectivity index (χ2v) is 8.03. The second kappa shape index (κ2) is 7.91. The highest BCUT2D eigenvalue weighted by Gasteiger charge is 2.42. The van der Waals surface area contributed by atoms with Crippen molar-refractivity contribution in [3.05, 3.63) is 18.5 Å². The van der Waals surface area contributed by atoms with Gasteiger partial charge in [0.2, 0.25) is 5.91 Å². The predicted octanol–water partition coefficient (Wildman–Crippen LogP) is 2.98. The molecule has 142 valence electrons. The van der Waals surface area contributed by atoms with Crippen LogP contribution in [0.25, 0.3) is 0 Å². The summed E-state index contributed by atoms with van der Waals surface area (Å²) in [5.74, 6) is 0.959. The molecule has 1 atom stereocenters. The molecule has 0 radical (unpaired) electrons. The number of hydrogen-bond donors (Lipinski definition) is 0. The van der Waals surface area contributed by atoms with Gasteiger partial charge in [0.25, 0.3) is 0 Å². The van der Waals surface area contributed by atoms with Gasteiger partial charge in [-0.2, -0.15) is 0 Å². The molecule has 1 saturated carbocycles. The number of ether oxygens (including phenoxy) is 2. The Labute approximate surface area is 155 Å². The van der Waals surface area contributed by atoms with E-state index in [-0.39, 0.29) is 11.7 Å². The Kier molecular flexibility index (Phi) is 5.38. The van der Waals surface area contributed by atoms with Crippen LogP contribution in [-0.4, -0.2) is 52.2 Å². The van der Waals surface area contributed by atoms with Gasteiger partial charge in [0, 0.05) is 44.7 Å². The molecule has 6 nitrogen and oxygen atoms in total. The Bertz CT molecular complexity index is 596. The van der Waals surface area contributed by atoms with Gasteiger partial charge in [-0.1, -0.05) is 12.8 Å². The van der Waals surface area contributed by atoms with E-state index >= 15 is 0 Å². The summed E-state index contributed by atoms with van der Waals surface area (Å²) in [7, 11) is 0. The number of carbonyl (C=O) groups is 1. The molecule has 2 aliphatic heterocycles. The summed E-state index contributed by atoms with van der Waals surface area (Å²) in [5, 5.41) is 0. The summed E-state index contributed by atoms with van der Waals surface area (Å²) in [6, 6.07) is 2.23. The molecule has 6 heteroatoms. The van der Waals surface area contributed by atoms with E-state index in [1.165, 1.54) is 25.7 Å². The van der Waals surface area contributed by atoms with Crippen molar-refractivity contribution in [3.63, 3.8) is 0 Å². The quantitative estimate of drug-likeness (QED) is 0.827. The lowest BCUT2D eigenvalue weighted by Crippen LogP contribution is -2.52. The van der Waals surface area contributed by atoms with Gasteiger partial charge in [0.1, 0.15) is 6.10 Å². The van der Waals surface area contributed by atoms with Crippen LogP contribution in [0.3, 0.4) is 0 Å². The average Bonchev–Trinajstić information content (AvgIpc) is 3.16. The van der Waals surface area contributed by atoms with Gasteiger partial charge in [-0.15, -0.1) is 0 Å². The van der Waals surface area contributed by atoms with E-state index in [1.54, 1.807) is 18.5 Å². The lowest BCUT2D eigenvalue weighted by Gasteiger charge is -2.46. The zero-order chi connectivity index (χ0) is 17.8. The van der Waals surface area contributed by atoms with Gasteiger partial charge in [-0.3, -0.25) is 4.79 Å². The average molecular weight is 359 g/mol. The smallest absolute Gasteiger partial charge is 0.316 e. The number of piperidine rings is 1. The highest BCUT2D eigenvalue weighted by atomic mass is 16.5. The fourth-order valence-electron chi connectivity index (χ4n) is 4.68. The van der Waals surface area contributed by atoms with Crippen molar-refractivity contribution in [2.75, 3.05) is 19.7 Å². The molecule has 0 bridgehead atoms. The first kappa shape index (κ1) is 17.7. The number of carbonyl (C=O) groups excluding carboxylic acids is 1. The minimum Gasteiger partial charge on any atom is -0.460 e. The third-order valence-electron chi connectivity index (χ3n) is 6.23. The summed E-state index contributed by atoms with van der Waals surface area (Å²) in [6.07, 6.45) is 12.8. The molecule has 0 aromatic carbocycles. The van der Waals surface area contributed by atoms with E-state index in [0.717, 1.165) is 45.2 Å². The van der Waals surface area contributed by atoms with Crippen LogP contribution in [-0.2, 0) is 9.53 Å². The molecule has 2 saturated heterocycles. The summed E-state index contributed by atoms with van der Waals surface area (Å²) in [5.41, 5.74) is -0.151. The summed E-state index contributed by atoms with van der Waals surface area (Å²) < 4.78 is 12.1. The molecule has 3 heterocycles. The van der Waals surface area contributed by atoms with E-state index in [1.807, 2.05) is 0 Å². The fourth-order valence-corrected chi connectivity index (χ4v) is 4.68. The van der Waals surface area contributed by atoms with Gasteiger partial charge in [0.05, 0.1) is 12.2 Å². The normalized spacial score (nSPS) is 26.2. The van der Waals surface area contributed by atoms with E-state index < -0.39 is 0 Å². The molecule has 1 aromatic heterocycles. The second-order valence-electron chi connectivity index (χ2n) is 8.03. The van der Waals surface area contributed by atoms with E-state index in [4.69, 9.17) is 9.47 Å². The maximum Gasteiger partial charge on any atom is 0.316 e. The topological polar surface area (TPSA) is 64.6 Å². The highest BCUT2D eigenvalue weighted by molar-refractivity contribution is 5.76. The Morgan fingerprint density at radius 2 is 1.92 bits per heavy atom. The minimum atomic E-state index is -0.151. The number of aromatic nitrogens is 2. The zero-order valence-corrected chi connectivity index (χ0v) is 15.4. The maximum absolute atomic E-state index is 12.6. The highest BCUT2D eigenvalue weighted by Crippen LogP contribution is 2.37. The van der Waals surface area contributed by atoms with Crippen molar-refractivity contribution >= 4 is 5.91 Å². The van der Waals surface area contributed by atoms with Crippen molar-refractivity contribution in [1.82, 2.24) is 14.9 Å². The molecule has 1 unspecified atom stereocenters. The van der Waals surface area contributed by atoms with Crippen LogP contribution in [0, 0.1) is 5.92 Å². The van der Waals surface area contributed by atoms with Crippen LogP contribution < -0.4 is 4.74 Å². The van der Waals surface area contributed by atoms with Crippen LogP contribution in [0.1, 0.15) is 57.8 Å². The minimum absolute atomic E-state index is 0.0897. The largest absolute Gasteiger partial charge is 0.460 e. The fraction of sp³-hybridized carbons (Fsp3) is 0.750. The van der Waals surface area contributed by atoms with Crippen LogP contribution in [0.4, 0.5) is 0 Å². The standard InChI is InChI=1S/C20H29N3O3/c24-18(14-16-4-1-2-5-16)23-11-7-20(8-12-23)15-17(6-13-25-20)26-19-21-9-3-10-22-19/h3,9-10,16-17H,1-2,4-8,11-15H2. The number of nitrogens with zero attached hydrogens (tertiary/aromatic N) is 3. The van der Waals surface area contributed by atoms with Gasteiger partial charge in [-0.25, -0.2) is 9.97 Å². The first-order valence-corrected chi connectivity index (χ1v) is 10.1. The van der Waals surface area contributed by atoms with Gasteiger partial charge >= 0.3 is 6.01 Å². The lowest BCUT2D eigenvalue weighted by molar-refractivity contribution is -0.152. The SMILES string of the molecule is O=C(CC1CCCC1)N1CCC2(CC1)CC(Oc1ncccn1)CCO2. The lowest BCUT2D eigenvalue weighted by atomic mass is 9.83. The van der Waals surface area contributed by atoms with Crippen molar-refractivity contribution < 1.29 is 14.3 Å². The number of likely N-dealkylation sites (tertiary alicyclic amines) is 1. The summed E-state index contributed by atoms with van der Waals surface area (Å²) in [6.45, 7) is 2.31. The molecule has 1 aliphatic carbocycles. The molecule has 3 aliphatic rings. The summed E-state index contributed by atoms with van der Waals surface area (Å²) in [4.78, 5) is 23.0. The van der Waals surface area contributed by atoms with Crippen molar-refractivity contribution in [2.45, 2.75) is 69.5 Å². The molecular weight excluding hydrogens is 330 g/mol. The molecule has 26 heavy (non-hydrogen) atoms. The van der Waals surface area contributed by atoms with E-state index in [2.05, 4.69) is 14.9 Å². The van der Waals surface area contributed by atoms with Gasteiger partial charge < -0.3 is 14.4 Å². The van der Waals surface area contributed by atoms with Crippen LogP contribution in [0.15, 0.2) is 18.5 Å². The number of rotatable bonds is 4. The van der Waals surface area contributed by atoms with Gasteiger partial charge in [-0.05, 0) is 37.7 Å². The Balaban J connectivity index is 1.29. The first-order chi connectivity index (χ1) is 12.7. The third kappa shape index (κ3) is 4.17. The van der Waals surface area contributed by atoms with Gasteiger partial charge in [0.15, 0.2) is 0 Å². The number of hydrogen-bond acceptors (Lipinski definition) is 5. The molecule has 1 amide bonds. The predicted molar refractivity (Wildman–Crippen MR) is 96.8 cm³/mol. The maximum atomic E-state index is 12.6. The van der Waals surface area contributed by atoms with Crippen LogP contribution in [0.2, 0.25) is 0 Å². The van der Waals surface area contributed by atoms with Crippen LogP contribution in [0.5, 0.6) is 6.01 Å². The van der Waals surface area contributed by atoms with E-state index in [0.29, 0.717) is 24.4 Å². The molecule has 1 aromatic rings.